The Hall–Kier alpha value is -1.88. The molecule has 0 aromatic heterocycles. The molecule has 0 fully saturated rings. The lowest BCUT2D eigenvalue weighted by atomic mass is 10.2. The number of carbonyl (C=O) groups is 1. The summed E-state index contributed by atoms with van der Waals surface area (Å²) >= 11 is 0. The van der Waals surface area contributed by atoms with E-state index >= 15 is 0 Å². The van der Waals surface area contributed by atoms with Crippen LogP contribution in [0.25, 0.3) is 6.08 Å². The first-order chi connectivity index (χ1) is 9.08. The molecule has 0 bridgehead atoms. The minimum absolute atomic E-state index is 0.239. The summed E-state index contributed by atoms with van der Waals surface area (Å²) in [5.74, 6) is -0.274. The van der Waals surface area contributed by atoms with Crippen molar-refractivity contribution in [2.75, 3.05) is 27.2 Å². The van der Waals surface area contributed by atoms with Crippen LogP contribution in [0.2, 0.25) is 0 Å². The summed E-state index contributed by atoms with van der Waals surface area (Å²) < 4.78 is 12.7. The van der Waals surface area contributed by atoms with Crippen molar-refractivity contribution in [2.24, 2.45) is 0 Å². The van der Waals surface area contributed by atoms with E-state index in [2.05, 4.69) is 15.5 Å². The van der Waals surface area contributed by atoms with Crippen LogP contribution in [0.4, 0.5) is 9.18 Å². The summed E-state index contributed by atoms with van der Waals surface area (Å²) in [6, 6.07) is 5.80. The number of halogens is 1. The van der Waals surface area contributed by atoms with Gasteiger partial charge in [0.15, 0.2) is 0 Å². The number of amides is 2. The van der Waals surface area contributed by atoms with Crippen LogP contribution in [0.3, 0.4) is 0 Å². The van der Waals surface area contributed by atoms with Crippen molar-refractivity contribution in [1.29, 1.82) is 0 Å². The van der Waals surface area contributed by atoms with Gasteiger partial charge >= 0.3 is 6.03 Å². The lowest BCUT2D eigenvalue weighted by Gasteiger charge is -2.09. The van der Waals surface area contributed by atoms with Crippen molar-refractivity contribution in [1.82, 2.24) is 15.5 Å². The highest BCUT2D eigenvalue weighted by Crippen LogP contribution is 2.03. The minimum Gasteiger partial charge on any atom is -0.338 e. The molecule has 4 nitrogen and oxygen atoms in total. The Labute approximate surface area is 113 Å². The lowest BCUT2D eigenvalue weighted by molar-refractivity contribution is 0.243. The molecule has 1 rings (SSSR count). The Morgan fingerprint density at radius 3 is 2.63 bits per heavy atom. The summed E-state index contributed by atoms with van der Waals surface area (Å²) in [6.07, 6.45) is 4.15. The second-order valence-corrected chi connectivity index (χ2v) is 4.44. The Morgan fingerprint density at radius 2 is 2.00 bits per heavy atom. The van der Waals surface area contributed by atoms with Gasteiger partial charge in [0.2, 0.25) is 0 Å². The predicted molar refractivity (Wildman–Crippen MR) is 75.1 cm³/mol. The monoisotopic (exact) mass is 265 g/mol. The molecule has 2 amide bonds. The Bertz CT molecular complexity index is 415. The van der Waals surface area contributed by atoms with E-state index in [1.807, 2.05) is 14.1 Å². The van der Waals surface area contributed by atoms with Crippen molar-refractivity contribution in [3.05, 3.63) is 41.8 Å². The van der Waals surface area contributed by atoms with E-state index in [0.29, 0.717) is 6.54 Å². The molecular weight excluding hydrogens is 245 g/mol. The molecule has 1 aromatic carbocycles. The van der Waals surface area contributed by atoms with E-state index in [-0.39, 0.29) is 11.8 Å². The molecule has 0 saturated heterocycles. The van der Waals surface area contributed by atoms with Gasteiger partial charge in [0.25, 0.3) is 0 Å². The van der Waals surface area contributed by atoms with Crippen molar-refractivity contribution >= 4 is 12.1 Å². The number of rotatable bonds is 6. The molecule has 0 atom stereocenters. The van der Waals surface area contributed by atoms with Crippen LogP contribution in [0.5, 0.6) is 0 Å². The van der Waals surface area contributed by atoms with E-state index in [0.717, 1.165) is 18.5 Å². The van der Waals surface area contributed by atoms with Gasteiger partial charge in [0.1, 0.15) is 5.82 Å². The fourth-order valence-corrected chi connectivity index (χ4v) is 1.44. The molecule has 5 heteroatoms. The largest absolute Gasteiger partial charge is 0.338 e. The Kier molecular flexibility index (Phi) is 6.60. The van der Waals surface area contributed by atoms with Gasteiger partial charge in [-0.25, -0.2) is 9.18 Å². The number of nitrogens with one attached hydrogen (secondary N) is 2. The molecule has 1 aromatic rings. The zero-order valence-corrected chi connectivity index (χ0v) is 11.3. The number of hydrogen-bond acceptors (Lipinski definition) is 2. The van der Waals surface area contributed by atoms with Crippen molar-refractivity contribution < 1.29 is 9.18 Å². The summed E-state index contributed by atoms with van der Waals surface area (Å²) in [4.78, 5) is 13.4. The van der Waals surface area contributed by atoms with Crippen molar-refractivity contribution in [3.8, 4) is 0 Å². The highest BCUT2D eigenvalue weighted by atomic mass is 19.1. The summed E-state index contributed by atoms with van der Waals surface area (Å²) in [7, 11) is 3.98. The van der Waals surface area contributed by atoms with Gasteiger partial charge < -0.3 is 15.5 Å². The number of urea groups is 1. The topological polar surface area (TPSA) is 44.4 Å². The smallest absolute Gasteiger partial charge is 0.318 e. The first-order valence-corrected chi connectivity index (χ1v) is 6.19. The molecule has 0 radical (unpaired) electrons. The number of carbonyl (C=O) groups excluding carboxylic acids is 1. The summed E-state index contributed by atoms with van der Waals surface area (Å²) in [5, 5.41) is 5.34. The minimum atomic E-state index is -0.274. The standard InChI is InChI=1S/C14H20FN3O/c1-18(2)11-3-9-16-14(19)17-10-8-12-4-6-13(15)7-5-12/h4-8,10H,3,9,11H2,1-2H3,(H2,16,17,19)/b10-8+. The fourth-order valence-electron chi connectivity index (χ4n) is 1.44. The van der Waals surface area contributed by atoms with Crippen LogP contribution in [0, 0.1) is 5.82 Å². The highest BCUT2D eigenvalue weighted by molar-refractivity contribution is 5.75. The van der Waals surface area contributed by atoms with Gasteiger partial charge in [-0.1, -0.05) is 12.1 Å². The third-order valence-electron chi connectivity index (χ3n) is 2.43. The van der Waals surface area contributed by atoms with E-state index in [1.165, 1.54) is 18.3 Å². The molecule has 2 N–H and O–H groups in total. The SMILES string of the molecule is CN(C)CCCNC(=O)N/C=C/c1ccc(F)cc1. The van der Waals surface area contributed by atoms with Crippen LogP contribution in [0.1, 0.15) is 12.0 Å². The van der Waals surface area contributed by atoms with Crippen LogP contribution in [-0.2, 0) is 0 Å². The van der Waals surface area contributed by atoms with E-state index in [4.69, 9.17) is 0 Å². The maximum Gasteiger partial charge on any atom is 0.318 e. The molecule has 0 unspecified atom stereocenters. The second kappa shape index (κ2) is 8.26. The van der Waals surface area contributed by atoms with Gasteiger partial charge in [0, 0.05) is 12.7 Å². The number of nitrogens with zero attached hydrogens (tertiary/aromatic N) is 1. The van der Waals surface area contributed by atoms with Gasteiger partial charge in [-0.2, -0.15) is 0 Å². The molecule has 0 aliphatic heterocycles. The van der Waals surface area contributed by atoms with E-state index in [9.17, 15) is 9.18 Å². The molecule has 0 aliphatic rings. The quantitative estimate of drug-likeness (QED) is 0.773. The maximum atomic E-state index is 12.7. The molecule has 19 heavy (non-hydrogen) atoms. The molecule has 0 spiro atoms. The average molecular weight is 265 g/mol. The fraction of sp³-hybridized carbons (Fsp3) is 0.357. The average Bonchev–Trinajstić information content (AvgIpc) is 2.37. The molecule has 0 aliphatic carbocycles. The Balaban J connectivity index is 2.20. The van der Waals surface area contributed by atoms with Gasteiger partial charge in [-0.15, -0.1) is 0 Å². The first kappa shape index (κ1) is 15.2. The van der Waals surface area contributed by atoms with Crippen molar-refractivity contribution in [2.45, 2.75) is 6.42 Å². The maximum absolute atomic E-state index is 12.7. The zero-order valence-electron chi connectivity index (χ0n) is 11.3. The number of hydrogen-bond donors (Lipinski definition) is 2. The van der Waals surface area contributed by atoms with E-state index < -0.39 is 0 Å². The van der Waals surface area contributed by atoms with Gasteiger partial charge in [-0.05, 0) is 50.8 Å². The summed E-state index contributed by atoms with van der Waals surface area (Å²) in [5.41, 5.74) is 0.828. The van der Waals surface area contributed by atoms with Crippen LogP contribution in [0.15, 0.2) is 30.5 Å². The molecule has 104 valence electrons. The third-order valence-corrected chi connectivity index (χ3v) is 2.43. The number of benzene rings is 1. The zero-order chi connectivity index (χ0) is 14.1. The molecule has 0 saturated carbocycles. The Morgan fingerprint density at radius 1 is 1.32 bits per heavy atom. The highest BCUT2D eigenvalue weighted by Gasteiger charge is 1.96. The summed E-state index contributed by atoms with van der Waals surface area (Å²) in [6.45, 7) is 1.57. The van der Waals surface area contributed by atoms with Gasteiger partial charge in [0.05, 0.1) is 0 Å². The lowest BCUT2D eigenvalue weighted by Crippen LogP contribution is -2.33. The normalized spacial score (nSPS) is 10.9. The van der Waals surface area contributed by atoms with Gasteiger partial charge in [-0.3, -0.25) is 0 Å². The van der Waals surface area contributed by atoms with Crippen LogP contribution < -0.4 is 10.6 Å². The molecule has 0 heterocycles. The van der Waals surface area contributed by atoms with Crippen LogP contribution in [-0.4, -0.2) is 38.1 Å². The first-order valence-electron chi connectivity index (χ1n) is 6.19. The van der Waals surface area contributed by atoms with E-state index in [1.54, 1.807) is 18.2 Å². The second-order valence-electron chi connectivity index (χ2n) is 4.44. The van der Waals surface area contributed by atoms with Crippen molar-refractivity contribution in [3.63, 3.8) is 0 Å². The third kappa shape index (κ3) is 7.21. The van der Waals surface area contributed by atoms with Crippen LogP contribution >= 0.6 is 0 Å². The molecular formula is C14H20FN3O. The predicted octanol–water partition coefficient (Wildman–Crippen LogP) is 2.05.